The van der Waals surface area contributed by atoms with Gasteiger partial charge in [0.05, 0.1) is 0 Å². The fraction of sp³-hybridized carbons (Fsp3) is 0.333. The van der Waals surface area contributed by atoms with Crippen molar-refractivity contribution in [3.63, 3.8) is 0 Å². The van der Waals surface area contributed by atoms with E-state index >= 15 is 0 Å². The van der Waals surface area contributed by atoms with Crippen LogP contribution in [0.4, 0.5) is 0 Å². The van der Waals surface area contributed by atoms with Gasteiger partial charge in [-0.25, -0.2) is 9.67 Å². The van der Waals surface area contributed by atoms with E-state index in [-0.39, 0.29) is 5.56 Å². The van der Waals surface area contributed by atoms with E-state index in [9.17, 15) is 4.79 Å². The van der Waals surface area contributed by atoms with Gasteiger partial charge >= 0.3 is 0 Å². The molecule has 0 fully saturated rings. The lowest BCUT2D eigenvalue weighted by Gasteiger charge is -2.31. The van der Waals surface area contributed by atoms with E-state index in [1.54, 1.807) is 10.9 Å². The first kappa shape index (κ1) is 16.8. The second-order valence-corrected chi connectivity index (χ2v) is 7.14. The third-order valence-electron chi connectivity index (χ3n) is 5.42. The van der Waals surface area contributed by atoms with Crippen LogP contribution >= 0.6 is 0 Å². The fourth-order valence-corrected chi connectivity index (χ4v) is 3.79. The van der Waals surface area contributed by atoms with Crippen LogP contribution in [0.3, 0.4) is 0 Å². The predicted molar refractivity (Wildman–Crippen MR) is 103 cm³/mol. The number of aromatic nitrogens is 3. The van der Waals surface area contributed by atoms with Crippen molar-refractivity contribution in [1.29, 1.82) is 0 Å². The molecule has 5 heteroatoms. The average molecular weight is 348 g/mol. The summed E-state index contributed by atoms with van der Waals surface area (Å²) in [7, 11) is 2.16. The zero-order chi connectivity index (χ0) is 18.1. The molecule has 5 nitrogen and oxygen atoms in total. The summed E-state index contributed by atoms with van der Waals surface area (Å²) < 4.78 is 1.58. The molecule has 1 aliphatic rings. The fourth-order valence-electron chi connectivity index (χ4n) is 3.79. The Bertz CT molecular complexity index is 958. The number of benzene rings is 1. The van der Waals surface area contributed by atoms with Crippen LogP contribution in [0, 0.1) is 6.92 Å². The van der Waals surface area contributed by atoms with Crippen LogP contribution in [-0.2, 0) is 19.4 Å². The van der Waals surface area contributed by atoms with Crippen molar-refractivity contribution in [2.24, 2.45) is 0 Å². The van der Waals surface area contributed by atoms with Crippen LogP contribution in [0.5, 0.6) is 0 Å². The average Bonchev–Trinajstić information content (AvgIpc) is 3.00. The maximum absolute atomic E-state index is 12.9. The Balaban J connectivity index is 1.55. The Morgan fingerprint density at radius 1 is 1.23 bits per heavy atom. The van der Waals surface area contributed by atoms with Crippen LogP contribution < -0.4 is 5.56 Å². The molecule has 3 aromatic rings. The molecule has 2 heterocycles. The van der Waals surface area contributed by atoms with Gasteiger partial charge in [-0.3, -0.25) is 14.8 Å². The number of nitrogens with zero attached hydrogens (tertiary/aromatic N) is 3. The number of nitrogens with one attached hydrogen (secondary N) is 1. The molecular formula is C21H24N4O. The third kappa shape index (κ3) is 3.10. The highest BCUT2D eigenvalue weighted by Crippen LogP contribution is 2.23. The lowest BCUT2D eigenvalue weighted by Crippen LogP contribution is -2.37. The summed E-state index contributed by atoms with van der Waals surface area (Å²) in [6.07, 6.45) is 4.44. The molecule has 1 atom stereocenters. The molecule has 1 aliphatic carbocycles. The zero-order valence-corrected chi connectivity index (χ0v) is 15.3. The van der Waals surface area contributed by atoms with E-state index in [4.69, 9.17) is 0 Å². The quantitative estimate of drug-likeness (QED) is 0.789. The molecule has 0 saturated heterocycles. The standard InChI is InChI=1S/C21H24N4O/c1-15-7-3-4-8-16(15)14-24(2)17-10-11-19-18(13-17)21(26)25(23-19)20-9-5-6-12-22-20/h3-9,12,17,23H,10-11,13-14H2,1-2H3. The topological polar surface area (TPSA) is 53.9 Å². The van der Waals surface area contributed by atoms with E-state index in [0.29, 0.717) is 11.9 Å². The maximum Gasteiger partial charge on any atom is 0.276 e. The van der Waals surface area contributed by atoms with Gasteiger partial charge in [-0.05, 0) is 56.5 Å². The number of aryl methyl sites for hydroxylation is 2. The molecule has 0 saturated carbocycles. The minimum Gasteiger partial charge on any atom is -0.299 e. The summed E-state index contributed by atoms with van der Waals surface area (Å²) in [6.45, 7) is 3.06. The van der Waals surface area contributed by atoms with Crippen molar-refractivity contribution in [3.05, 3.63) is 81.4 Å². The Morgan fingerprint density at radius 3 is 2.81 bits per heavy atom. The SMILES string of the molecule is Cc1ccccc1CN(C)C1CCc2[nH]n(-c3ccccn3)c(=O)c2C1. The Morgan fingerprint density at radius 2 is 2.04 bits per heavy atom. The van der Waals surface area contributed by atoms with Gasteiger partial charge < -0.3 is 0 Å². The number of rotatable bonds is 4. The molecule has 0 bridgehead atoms. The van der Waals surface area contributed by atoms with E-state index in [1.807, 2.05) is 18.2 Å². The highest BCUT2D eigenvalue weighted by Gasteiger charge is 2.27. The number of pyridine rings is 1. The first-order valence-electron chi connectivity index (χ1n) is 9.12. The highest BCUT2D eigenvalue weighted by atomic mass is 16.1. The maximum atomic E-state index is 12.9. The summed E-state index contributed by atoms with van der Waals surface area (Å²) in [4.78, 5) is 19.5. The van der Waals surface area contributed by atoms with Crippen LogP contribution in [0.25, 0.3) is 5.82 Å². The van der Waals surface area contributed by atoms with Gasteiger partial charge in [0.1, 0.15) is 0 Å². The molecule has 0 amide bonds. The molecule has 1 unspecified atom stereocenters. The number of aromatic amines is 1. The number of hydrogen-bond acceptors (Lipinski definition) is 3. The molecule has 134 valence electrons. The number of fused-ring (bicyclic) bond motifs is 1. The molecular weight excluding hydrogens is 324 g/mol. The van der Waals surface area contributed by atoms with Crippen LogP contribution in [-0.4, -0.2) is 32.8 Å². The predicted octanol–water partition coefficient (Wildman–Crippen LogP) is 2.86. The smallest absolute Gasteiger partial charge is 0.276 e. The highest BCUT2D eigenvalue weighted by molar-refractivity contribution is 5.29. The van der Waals surface area contributed by atoms with E-state index < -0.39 is 0 Å². The van der Waals surface area contributed by atoms with Crippen molar-refractivity contribution in [2.45, 2.75) is 38.8 Å². The molecule has 0 aliphatic heterocycles. The van der Waals surface area contributed by atoms with E-state index in [0.717, 1.165) is 37.1 Å². The Hall–Kier alpha value is -2.66. The van der Waals surface area contributed by atoms with Crippen molar-refractivity contribution in [1.82, 2.24) is 19.7 Å². The lowest BCUT2D eigenvalue weighted by molar-refractivity contribution is 0.213. The molecule has 2 aromatic heterocycles. The van der Waals surface area contributed by atoms with Crippen molar-refractivity contribution in [2.75, 3.05) is 7.05 Å². The Labute approximate surface area is 153 Å². The molecule has 0 spiro atoms. The number of hydrogen-bond donors (Lipinski definition) is 1. The summed E-state index contributed by atoms with van der Waals surface area (Å²) in [5.74, 6) is 0.650. The largest absolute Gasteiger partial charge is 0.299 e. The molecule has 4 rings (SSSR count). The summed E-state index contributed by atoms with van der Waals surface area (Å²) in [6, 6.07) is 14.5. The molecule has 0 radical (unpaired) electrons. The van der Waals surface area contributed by atoms with Gasteiger partial charge in [0, 0.05) is 30.0 Å². The van der Waals surface area contributed by atoms with Crippen LogP contribution in [0.2, 0.25) is 0 Å². The third-order valence-corrected chi connectivity index (χ3v) is 5.42. The first-order valence-corrected chi connectivity index (χ1v) is 9.12. The minimum absolute atomic E-state index is 0.0349. The normalized spacial score (nSPS) is 16.7. The second-order valence-electron chi connectivity index (χ2n) is 7.14. The summed E-state index contributed by atoms with van der Waals surface area (Å²) >= 11 is 0. The van der Waals surface area contributed by atoms with Crippen molar-refractivity contribution < 1.29 is 0 Å². The van der Waals surface area contributed by atoms with Gasteiger partial charge in [-0.2, -0.15) is 0 Å². The van der Waals surface area contributed by atoms with Gasteiger partial charge in [-0.15, -0.1) is 0 Å². The summed E-state index contributed by atoms with van der Waals surface area (Å²) in [5.41, 5.74) is 4.66. The summed E-state index contributed by atoms with van der Waals surface area (Å²) in [5, 5.41) is 3.26. The number of H-pyrrole nitrogens is 1. The van der Waals surface area contributed by atoms with Gasteiger partial charge in [-0.1, -0.05) is 30.3 Å². The van der Waals surface area contributed by atoms with Crippen LogP contribution in [0.15, 0.2) is 53.5 Å². The van der Waals surface area contributed by atoms with Crippen molar-refractivity contribution >= 4 is 0 Å². The van der Waals surface area contributed by atoms with Crippen molar-refractivity contribution in [3.8, 4) is 5.82 Å². The van der Waals surface area contributed by atoms with E-state index in [2.05, 4.69) is 53.2 Å². The molecule has 26 heavy (non-hydrogen) atoms. The minimum atomic E-state index is 0.0349. The second kappa shape index (κ2) is 6.92. The monoisotopic (exact) mass is 348 g/mol. The Kier molecular flexibility index (Phi) is 4.47. The van der Waals surface area contributed by atoms with Gasteiger partial charge in [0.25, 0.3) is 5.56 Å². The van der Waals surface area contributed by atoms with Gasteiger partial charge in [0.2, 0.25) is 0 Å². The van der Waals surface area contributed by atoms with Crippen LogP contribution in [0.1, 0.15) is 28.8 Å². The molecule has 1 aromatic carbocycles. The van der Waals surface area contributed by atoms with E-state index in [1.165, 1.54) is 11.1 Å². The van der Waals surface area contributed by atoms with Gasteiger partial charge in [0.15, 0.2) is 5.82 Å². The molecule has 1 N–H and O–H groups in total. The number of likely N-dealkylation sites (N-methyl/N-ethyl adjacent to an activating group) is 1. The lowest BCUT2D eigenvalue weighted by atomic mass is 9.92. The zero-order valence-electron chi connectivity index (χ0n) is 15.3. The first-order chi connectivity index (χ1) is 12.6.